The summed E-state index contributed by atoms with van der Waals surface area (Å²) in [6.07, 6.45) is 0. The Morgan fingerprint density at radius 2 is 1.49 bits per heavy atom. The molecule has 8 nitrogen and oxygen atoms in total. The second kappa shape index (κ2) is 8.74. The van der Waals surface area contributed by atoms with Gasteiger partial charge in [-0.05, 0) is 41.3 Å². The van der Waals surface area contributed by atoms with Crippen LogP contribution in [-0.2, 0) is 10.1 Å². The lowest BCUT2D eigenvalue weighted by molar-refractivity contribution is 0.471. The summed E-state index contributed by atoms with van der Waals surface area (Å²) in [7, 11) is -4.50. The molecule has 194 valence electrons. The first-order valence-corrected chi connectivity index (χ1v) is 13.1. The third-order valence-corrected chi connectivity index (χ3v) is 7.63. The van der Waals surface area contributed by atoms with E-state index >= 15 is 0 Å². The average molecular weight is 559 g/mol. The molecule has 0 bridgehead atoms. The molecule has 4 N–H and O–H groups in total. The number of aromatic hydroxyl groups is 2. The fraction of sp³-hybridized carbons (Fsp3) is 0. The van der Waals surface area contributed by atoms with E-state index in [1.807, 2.05) is 54.6 Å². The molecule has 0 spiro atoms. The Balaban J connectivity index is 0.00000277. The molecule has 0 aliphatic rings. The zero-order valence-electron chi connectivity index (χ0n) is 19.9. The Kier molecular flexibility index (Phi) is 5.55. The van der Waals surface area contributed by atoms with E-state index in [0.29, 0.717) is 44.3 Å². The van der Waals surface area contributed by atoms with E-state index in [9.17, 15) is 23.2 Å². The summed E-state index contributed by atoms with van der Waals surface area (Å²) in [5.41, 5.74) is 4.30. The van der Waals surface area contributed by atoms with Crippen molar-refractivity contribution < 1.29 is 27.6 Å². The van der Waals surface area contributed by atoms with Crippen molar-refractivity contribution in [1.29, 1.82) is 0 Å². The van der Waals surface area contributed by atoms with Gasteiger partial charge in [-0.3, -0.25) is 4.55 Å². The van der Waals surface area contributed by atoms with Crippen LogP contribution in [0.15, 0.2) is 94.2 Å². The van der Waals surface area contributed by atoms with Crippen LogP contribution >= 0.6 is 12.4 Å². The summed E-state index contributed by atoms with van der Waals surface area (Å²) >= 11 is 0. The van der Waals surface area contributed by atoms with Gasteiger partial charge in [-0.15, -0.1) is 12.4 Å². The van der Waals surface area contributed by atoms with Crippen molar-refractivity contribution in [2.24, 2.45) is 0 Å². The number of imidazole rings is 1. The smallest absolute Gasteiger partial charge is 0.294 e. The van der Waals surface area contributed by atoms with Crippen molar-refractivity contribution in [3.8, 4) is 34.0 Å². The molecule has 39 heavy (non-hydrogen) atoms. The van der Waals surface area contributed by atoms with Crippen molar-refractivity contribution in [3.63, 3.8) is 0 Å². The van der Waals surface area contributed by atoms with E-state index in [-0.39, 0.29) is 23.9 Å². The third-order valence-electron chi connectivity index (χ3n) is 6.80. The molecule has 0 unspecified atom stereocenters. The van der Waals surface area contributed by atoms with E-state index in [4.69, 9.17) is 4.42 Å². The first-order chi connectivity index (χ1) is 18.3. The maximum absolute atomic E-state index is 11.6. The van der Waals surface area contributed by atoms with Crippen molar-refractivity contribution in [3.05, 3.63) is 84.9 Å². The number of para-hydroxylation sites is 2. The van der Waals surface area contributed by atoms with Crippen LogP contribution in [0.1, 0.15) is 0 Å². The minimum Gasteiger partial charge on any atom is -0.507 e. The molecule has 0 aliphatic carbocycles. The lowest BCUT2D eigenvalue weighted by atomic mass is 9.96. The predicted octanol–water partition coefficient (Wildman–Crippen LogP) is 7.03. The highest BCUT2D eigenvalue weighted by Crippen LogP contribution is 2.43. The first kappa shape index (κ1) is 24.7. The topological polar surface area (TPSA) is 137 Å². The van der Waals surface area contributed by atoms with Crippen LogP contribution in [0.25, 0.3) is 66.3 Å². The molecular weight excluding hydrogens is 540 g/mol. The number of H-pyrrole nitrogens is 1. The predicted molar refractivity (Wildman–Crippen MR) is 152 cm³/mol. The van der Waals surface area contributed by atoms with Gasteiger partial charge < -0.3 is 19.6 Å². The van der Waals surface area contributed by atoms with Crippen LogP contribution in [-0.4, -0.2) is 33.2 Å². The molecule has 2 heterocycles. The highest BCUT2D eigenvalue weighted by molar-refractivity contribution is 7.85. The highest BCUT2D eigenvalue weighted by atomic mass is 35.5. The standard InChI is InChI=1S/C29H18N2O6S.ClH/c32-22-14-16(38(34,35)36)13-15-11-12-21-27(25(15)22)31-29(30-21)20-8-3-7-18(28(20)33)17-6-4-10-24-26(17)19-5-1-2-9-23(19)37-24;/h1-14,32-33H,(H,30,31)(H,34,35,36);1H. The number of aromatic nitrogens is 2. The van der Waals surface area contributed by atoms with E-state index < -0.39 is 15.0 Å². The molecule has 10 heteroatoms. The van der Waals surface area contributed by atoms with Gasteiger partial charge >= 0.3 is 0 Å². The molecule has 0 saturated carbocycles. The first-order valence-electron chi connectivity index (χ1n) is 11.7. The van der Waals surface area contributed by atoms with Gasteiger partial charge in [0.15, 0.2) is 0 Å². The molecule has 0 saturated heterocycles. The number of fused-ring (bicyclic) bond motifs is 6. The van der Waals surface area contributed by atoms with Crippen LogP contribution in [0, 0.1) is 0 Å². The van der Waals surface area contributed by atoms with Crippen molar-refractivity contribution in [2.45, 2.75) is 4.90 Å². The summed E-state index contributed by atoms with van der Waals surface area (Å²) in [5, 5.41) is 24.6. The number of hydrogen-bond acceptors (Lipinski definition) is 6. The molecule has 5 aromatic carbocycles. The van der Waals surface area contributed by atoms with Crippen LogP contribution in [0.4, 0.5) is 0 Å². The van der Waals surface area contributed by atoms with Crippen molar-refractivity contribution in [1.82, 2.24) is 9.97 Å². The largest absolute Gasteiger partial charge is 0.507 e. The van der Waals surface area contributed by atoms with Gasteiger partial charge in [0.1, 0.15) is 34.0 Å². The van der Waals surface area contributed by atoms with E-state index in [1.165, 1.54) is 6.07 Å². The zero-order valence-corrected chi connectivity index (χ0v) is 21.5. The van der Waals surface area contributed by atoms with Crippen molar-refractivity contribution >= 4 is 66.3 Å². The molecule has 0 atom stereocenters. The monoisotopic (exact) mass is 558 g/mol. The maximum Gasteiger partial charge on any atom is 0.294 e. The molecule has 0 aliphatic heterocycles. The van der Waals surface area contributed by atoms with Gasteiger partial charge in [-0.25, -0.2) is 4.98 Å². The lowest BCUT2D eigenvalue weighted by Crippen LogP contribution is -1.97. The summed E-state index contributed by atoms with van der Waals surface area (Å²) in [4.78, 5) is 7.43. The average Bonchev–Trinajstić information content (AvgIpc) is 3.49. The lowest BCUT2D eigenvalue weighted by Gasteiger charge is -2.10. The molecule has 7 rings (SSSR count). The Bertz CT molecular complexity index is 2200. The SMILES string of the molecule is Cl.O=S(=O)(O)c1cc(O)c2c(ccc3[nH]c(-c4cccc(-c5cccc6oc7ccccc7c56)c4O)nc32)c1. The van der Waals surface area contributed by atoms with E-state index in [0.717, 1.165) is 28.0 Å². The fourth-order valence-corrected chi connectivity index (χ4v) is 5.65. The number of aromatic amines is 1. The van der Waals surface area contributed by atoms with Crippen LogP contribution < -0.4 is 0 Å². The zero-order chi connectivity index (χ0) is 26.2. The Labute approximate surface area is 227 Å². The van der Waals surface area contributed by atoms with Gasteiger partial charge in [-0.2, -0.15) is 8.42 Å². The fourth-order valence-electron chi connectivity index (χ4n) is 5.11. The minimum absolute atomic E-state index is 0. The number of rotatable bonds is 3. The van der Waals surface area contributed by atoms with Gasteiger partial charge in [-0.1, -0.05) is 48.5 Å². The van der Waals surface area contributed by atoms with Gasteiger partial charge in [0.25, 0.3) is 10.1 Å². The normalized spacial score (nSPS) is 11.9. The number of halogens is 1. The molecule has 0 amide bonds. The molecule has 0 radical (unpaired) electrons. The summed E-state index contributed by atoms with van der Waals surface area (Å²) in [5.74, 6) is 0.0520. The summed E-state index contributed by atoms with van der Waals surface area (Å²) in [6, 6.07) is 24.4. The summed E-state index contributed by atoms with van der Waals surface area (Å²) in [6.45, 7) is 0. The number of phenolic OH excluding ortho intramolecular Hbond substituents is 2. The molecule has 0 fully saturated rings. The van der Waals surface area contributed by atoms with E-state index in [1.54, 1.807) is 18.2 Å². The highest BCUT2D eigenvalue weighted by Gasteiger charge is 2.20. The number of nitrogens with one attached hydrogen (secondary N) is 1. The minimum atomic E-state index is -4.50. The number of nitrogens with zero attached hydrogens (tertiary/aromatic N) is 1. The molecule has 2 aromatic heterocycles. The van der Waals surface area contributed by atoms with Crippen LogP contribution in [0.5, 0.6) is 11.5 Å². The third kappa shape index (κ3) is 3.78. The second-order valence-corrected chi connectivity index (χ2v) is 10.5. The number of benzene rings is 5. The van der Waals surface area contributed by atoms with Crippen LogP contribution in [0.2, 0.25) is 0 Å². The van der Waals surface area contributed by atoms with E-state index in [2.05, 4.69) is 9.97 Å². The maximum atomic E-state index is 11.6. The van der Waals surface area contributed by atoms with Gasteiger partial charge in [0, 0.05) is 22.4 Å². The Hall–Kier alpha value is -4.57. The molecular formula is C29H19ClN2O6S. The second-order valence-electron chi connectivity index (χ2n) is 9.04. The van der Waals surface area contributed by atoms with Crippen molar-refractivity contribution in [2.75, 3.05) is 0 Å². The summed E-state index contributed by atoms with van der Waals surface area (Å²) < 4.78 is 38.6. The Morgan fingerprint density at radius 1 is 0.769 bits per heavy atom. The number of hydrogen-bond donors (Lipinski definition) is 4. The number of furan rings is 1. The Morgan fingerprint density at radius 3 is 2.31 bits per heavy atom. The quantitative estimate of drug-likeness (QED) is 0.171. The van der Waals surface area contributed by atoms with Gasteiger partial charge in [0.05, 0.1) is 21.4 Å². The van der Waals surface area contributed by atoms with Crippen LogP contribution in [0.3, 0.4) is 0 Å². The number of phenols is 2. The molecule has 7 aromatic rings. The van der Waals surface area contributed by atoms with Gasteiger partial charge in [0.2, 0.25) is 0 Å².